The van der Waals surface area contributed by atoms with Gasteiger partial charge in [-0.25, -0.2) is 14.2 Å². The third kappa shape index (κ3) is 5.76. The minimum atomic E-state index is -2.74. The Morgan fingerprint density at radius 3 is 2.73 bits per heavy atom. The topological polar surface area (TPSA) is 59.5 Å². The summed E-state index contributed by atoms with van der Waals surface area (Å²) in [6.07, 6.45) is 1.28. The molecule has 138 valence electrons. The molecule has 0 saturated heterocycles. The molecule has 0 aliphatic carbocycles. The number of pyridine rings is 1. The highest BCUT2D eigenvalue weighted by Gasteiger charge is 2.19. The van der Waals surface area contributed by atoms with Gasteiger partial charge in [-0.05, 0) is 41.6 Å². The normalized spacial score (nSPS) is 10.7. The molecule has 26 heavy (non-hydrogen) atoms. The molecule has 2 aromatic rings. The summed E-state index contributed by atoms with van der Waals surface area (Å²) < 4.78 is 43.1. The van der Waals surface area contributed by atoms with Crippen LogP contribution in [0.1, 0.15) is 15.9 Å². The number of halogens is 3. The minimum absolute atomic E-state index is 0.121. The first-order valence-electron chi connectivity index (χ1n) is 7.42. The van der Waals surface area contributed by atoms with Gasteiger partial charge in [0.15, 0.2) is 6.61 Å². The summed E-state index contributed by atoms with van der Waals surface area (Å²) in [5.74, 6) is -4.60. The molecule has 0 fully saturated rings. The number of carbonyl (C=O) groups excluding carboxylic acids is 2. The summed E-state index contributed by atoms with van der Waals surface area (Å²) in [6, 6.07) is 8.45. The molecule has 9 heteroatoms. The van der Waals surface area contributed by atoms with Crippen LogP contribution in [0.4, 0.5) is 13.2 Å². The Morgan fingerprint density at radius 2 is 2.04 bits per heavy atom. The molecule has 0 N–H and O–H groups in total. The van der Waals surface area contributed by atoms with Crippen LogP contribution in [-0.2, 0) is 16.1 Å². The average Bonchev–Trinajstić information content (AvgIpc) is 2.59. The zero-order valence-electron chi connectivity index (χ0n) is 13.7. The van der Waals surface area contributed by atoms with E-state index < -0.39 is 30.1 Å². The number of hydrogen-bond acceptors (Lipinski definition) is 5. The molecule has 0 radical (unpaired) electrons. The monoisotopic (exact) mass is 384 g/mol. The third-order valence-corrected chi connectivity index (χ3v) is 3.98. The maximum atomic E-state index is 13.2. The van der Waals surface area contributed by atoms with Crippen molar-refractivity contribution < 1.29 is 27.5 Å². The van der Waals surface area contributed by atoms with Crippen molar-refractivity contribution in [1.29, 1.82) is 0 Å². The zero-order valence-corrected chi connectivity index (χ0v) is 14.5. The van der Waals surface area contributed by atoms with Gasteiger partial charge in [0, 0.05) is 19.8 Å². The van der Waals surface area contributed by atoms with Gasteiger partial charge in [-0.15, -0.1) is 0 Å². The summed E-state index contributed by atoms with van der Waals surface area (Å²) >= 11 is 0.121. The van der Waals surface area contributed by atoms with E-state index >= 15 is 0 Å². The van der Waals surface area contributed by atoms with E-state index in [0.29, 0.717) is 5.56 Å². The predicted octanol–water partition coefficient (Wildman–Crippen LogP) is 3.35. The lowest BCUT2D eigenvalue weighted by Gasteiger charge is -2.17. The van der Waals surface area contributed by atoms with Crippen LogP contribution in [-0.4, -0.2) is 41.2 Å². The number of hydrogen-bond donors (Lipinski definition) is 0. The van der Waals surface area contributed by atoms with Gasteiger partial charge in [0.2, 0.25) is 0 Å². The largest absolute Gasteiger partial charge is 0.452 e. The van der Waals surface area contributed by atoms with E-state index in [4.69, 9.17) is 4.74 Å². The molecule has 0 aliphatic rings. The number of nitrogens with zero attached hydrogens (tertiary/aromatic N) is 2. The Hall–Kier alpha value is -2.55. The lowest BCUT2D eigenvalue weighted by atomic mass is 10.2. The number of thioether (sulfide) groups is 1. The summed E-state index contributed by atoms with van der Waals surface area (Å²) in [7, 11) is 1.48. The molecule has 0 atom stereocenters. The van der Waals surface area contributed by atoms with Crippen LogP contribution in [0.25, 0.3) is 0 Å². The van der Waals surface area contributed by atoms with Gasteiger partial charge in [0.25, 0.3) is 11.7 Å². The lowest BCUT2D eigenvalue weighted by Crippen LogP contribution is -2.31. The van der Waals surface area contributed by atoms with E-state index in [1.165, 1.54) is 48.5 Å². The predicted molar refractivity (Wildman–Crippen MR) is 89.3 cm³/mol. The number of aromatic nitrogens is 1. The summed E-state index contributed by atoms with van der Waals surface area (Å²) in [5, 5.41) is -0.173. The standard InChI is InChI=1S/C17H15F3N2O3S/c1-22(9-11-4-2-5-12(18)8-11)14(23)10-25-16(24)13-6-3-7-21-15(13)26-17(19)20/h2-8,17H,9-10H2,1H3. The van der Waals surface area contributed by atoms with Crippen molar-refractivity contribution >= 4 is 23.6 Å². The van der Waals surface area contributed by atoms with Crippen molar-refractivity contribution in [2.45, 2.75) is 17.3 Å². The first kappa shape index (κ1) is 19.8. The number of ether oxygens (including phenoxy) is 1. The number of esters is 1. The Labute approximate surface area is 152 Å². The van der Waals surface area contributed by atoms with Crippen LogP contribution in [0, 0.1) is 5.82 Å². The molecule has 2 rings (SSSR count). The van der Waals surface area contributed by atoms with Crippen molar-refractivity contribution in [3.05, 3.63) is 59.5 Å². The van der Waals surface area contributed by atoms with E-state index in [1.807, 2.05) is 0 Å². The van der Waals surface area contributed by atoms with E-state index in [9.17, 15) is 22.8 Å². The molecule has 0 spiro atoms. The average molecular weight is 384 g/mol. The smallest absolute Gasteiger partial charge is 0.341 e. The van der Waals surface area contributed by atoms with E-state index in [-0.39, 0.29) is 28.9 Å². The summed E-state index contributed by atoms with van der Waals surface area (Å²) in [4.78, 5) is 29.1. The van der Waals surface area contributed by atoms with E-state index in [2.05, 4.69) is 4.98 Å². The Bertz CT molecular complexity index is 789. The second-order valence-corrected chi connectivity index (χ2v) is 6.17. The molecule has 0 aliphatic heterocycles. The van der Waals surface area contributed by atoms with Gasteiger partial charge in [-0.2, -0.15) is 8.78 Å². The molecular formula is C17H15F3N2O3S. The van der Waals surface area contributed by atoms with Crippen molar-refractivity contribution in [2.24, 2.45) is 0 Å². The highest BCUT2D eigenvalue weighted by molar-refractivity contribution is 7.99. The lowest BCUT2D eigenvalue weighted by molar-refractivity contribution is -0.133. The van der Waals surface area contributed by atoms with Gasteiger partial charge in [-0.1, -0.05) is 12.1 Å². The van der Waals surface area contributed by atoms with Gasteiger partial charge in [-0.3, -0.25) is 4.79 Å². The van der Waals surface area contributed by atoms with Crippen LogP contribution in [0.15, 0.2) is 47.6 Å². The van der Waals surface area contributed by atoms with E-state index in [1.54, 1.807) is 6.07 Å². The Balaban J connectivity index is 1.93. The van der Waals surface area contributed by atoms with E-state index in [0.717, 1.165) is 0 Å². The molecule has 0 unspecified atom stereocenters. The highest BCUT2D eigenvalue weighted by Crippen LogP contribution is 2.26. The molecule has 1 aromatic heterocycles. The molecule has 5 nitrogen and oxygen atoms in total. The quantitative estimate of drug-likeness (QED) is 0.541. The fourth-order valence-electron chi connectivity index (χ4n) is 2.04. The van der Waals surface area contributed by atoms with Gasteiger partial charge in [0.1, 0.15) is 10.8 Å². The van der Waals surface area contributed by atoms with Crippen LogP contribution >= 0.6 is 11.8 Å². The second-order valence-electron chi connectivity index (χ2n) is 5.19. The maximum Gasteiger partial charge on any atom is 0.341 e. The zero-order chi connectivity index (χ0) is 19.1. The summed E-state index contributed by atoms with van der Waals surface area (Å²) in [6.45, 7) is -0.439. The second kappa shape index (κ2) is 9.23. The molecule has 0 saturated carbocycles. The number of alkyl halides is 2. The molecule has 0 bridgehead atoms. The number of benzene rings is 1. The Kier molecular flexibility index (Phi) is 7.02. The van der Waals surface area contributed by atoms with Crippen molar-refractivity contribution in [3.8, 4) is 0 Å². The van der Waals surface area contributed by atoms with Gasteiger partial charge >= 0.3 is 5.97 Å². The van der Waals surface area contributed by atoms with Crippen LogP contribution in [0.2, 0.25) is 0 Å². The number of rotatable bonds is 7. The Morgan fingerprint density at radius 1 is 1.27 bits per heavy atom. The SMILES string of the molecule is CN(Cc1cccc(F)c1)C(=O)COC(=O)c1cccnc1SC(F)F. The number of amides is 1. The third-order valence-electron chi connectivity index (χ3n) is 3.25. The number of likely N-dealkylation sites (N-methyl/N-ethyl adjacent to an activating group) is 1. The van der Waals surface area contributed by atoms with Crippen molar-refractivity contribution in [3.63, 3.8) is 0 Å². The van der Waals surface area contributed by atoms with Crippen LogP contribution < -0.4 is 0 Å². The fourth-order valence-corrected chi connectivity index (χ4v) is 2.61. The summed E-state index contributed by atoms with van der Waals surface area (Å²) in [5.41, 5.74) is 0.438. The maximum absolute atomic E-state index is 13.2. The minimum Gasteiger partial charge on any atom is -0.452 e. The highest BCUT2D eigenvalue weighted by atomic mass is 32.2. The first-order chi connectivity index (χ1) is 12.4. The van der Waals surface area contributed by atoms with Crippen molar-refractivity contribution in [2.75, 3.05) is 13.7 Å². The van der Waals surface area contributed by atoms with Gasteiger partial charge < -0.3 is 9.64 Å². The molecule has 1 heterocycles. The van der Waals surface area contributed by atoms with Gasteiger partial charge in [0.05, 0.1) is 5.56 Å². The van der Waals surface area contributed by atoms with Crippen LogP contribution in [0.5, 0.6) is 0 Å². The molecule has 1 amide bonds. The number of carbonyl (C=O) groups is 2. The fraction of sp³-hybridized carbons (Fsp3) is 0.235. The van der Waals surface area contributed by atoms with Crippen LogP contribution in [0.3, 0.4) is 0 Å². The van der Waals surface area contributed by atoms with Crippen molar-refractivity contribution in [1.82, 2.24) is 9.88 Å². The first-order valence-corrected chi connectivity index (χ1v) is 8.30. The molecular weight excluding hydrogens is 369 g/mol. The molecule has 1 aromatic carbocycles.